The number of nitrogens with zero attached hydrogens (tertiary/aromatic N) is 3. The Morgan fingerprint density at radius 3 is 2.63 bits per heavy atom. The number of β-lactam (4-membered cyclic amide) rings is 1. The van der Waals surface area contributed by atoms with E-state index in [1.54, 1.807) is 11.8 Å². The molecule has 0 spiro atoms. The molecule has 4 aliphatic rings. The molecule has 0 bridgehead atoms. The van der Waals surface area contributed by atoms with Gasteiger partial charge in [0.05, 0.1) is 18.5 Å². The highest BCUT2D eigenvalue weighted by molar-refractivity contribution is 8.14. The Kier molecular flexibility index (Phi) is 5.73. The third kappa shape index (κ3) is 3.47. The van der Waals surface area contributed by atoms with Crippen LogP contribution in [0.15, 0.2) is 15.6 Å². The van der Waals surface area contributed by atoms with Crippen LogP contribution in [-0.4, -0.2) is 87.0 Å². The number of amidine groups is 1. The topological polar surface area (TPSA) is 102 Å². The summed E-state index contributed by atoms with van der Waals surface area (Å²) in [5.74, 6) is -3.04. The molecule has 0 aromatic rings. The van der Waals surface area contributed by atoms with E-state index in [2.05, 4.69) is 15.2 Å². The number of rotatable bonds is 6. The standard InChI is InChI=1S/C18H22F2N4O4S2/c1-7-11-10(8(2)22-15(25)14(19)20)16(26)24(11)12(17(27)28)13(7)30-9-5-23(6-9)18-21-3-4-29-18/h7-11,14H,3-6H2,1-2H3,(H,22,25)(H,27,28)/t7-,8-,10-,11-/m1/s1. The summed E-state index contributed by atoms with van der Waals surface area (Å²) in [6, 6.07) is -1.26. The molecule has 2 N–H and O–H groups in total. The average Bonchev–Trinajstić information content (AvgIpc) is 3.23. The van der Waals surface area contributed by atoms with Crippen molar-refractivity contribution in [1.29, 1.82) is 0 Å². The van der Waals surface area contributed by atoms with Gasteiger partial charge in [0.2, 0.25) is 5.91 Å². The van der Waals surface area contributed by atoms with Crippen molar-refractivity contribution in [3.63, 3.8) is 0 Å². The molecular weight excluding hydrogens is 438 g/mol. The van der Waals surface area contributed by atoms with Gasteiger partial charge in [-0.2, -0.15) is 8.78 Å². The van der Waals surface area contributed by atoms with E-state index in [9.17, 15) is 28.3 Å². The van der Waals surface area contributed by atoms with Gasteiger partial charge in [-0.25, -0.2) is 4.79 Å². The lowest BCUT2D eigenvalue weighted by molar-refractivity contribution is -0.159. The number of carboxylic acids is 1. The second kappa shape index (κ2) is 8.03. The number of aliphatic carboxylic acids is 1. The number of alkyl halides is 2. The molecule has 164 valence electrons. The number of hydrogen-bond acceptors (Lipinski definition) is 7. The molecule has 0 aromatic carbocycles. The molecule has 4 aliphatic heterocycles. The maximum atomic E-state index is 12.7. The van der Waals surface area contributed by atoms with Crippen LogP contribution in [-0.2, 0) is 14.4 Å². The number of fused-ring (bicyclic) bond motifs is 1. The summed E-state index contributed by atoms with van der Waals surface area (Å²) in [6.07, 6.45) is -3.16. The Morgan fingerprint density at radius 1 is 1.37 bits per heavy atom. The molecule has 8 nitrogen and oxygen atoms in total. The molecule has 0 unspecified atom stereocenters. The van der Waals surface area contributed by atoms with Gasteiger partial charge in [-0.1, -0.05) is 18.7 Å². The van der Waals surface area contributed by atoms with Crippen LogP contribution >= 0.6 is 23.5 Å². The summed E-state index contributed by atoms with van der Waals surface area (Å²) in [6.45, 7) is 5.71. The Morgan fingerprint density at radius 2 is 2.07 bits per heavy atom. The van der Waals surface area contributed by atoms with Gasteiger partial charge in [0.15, 0.2) is 5.17 Å². The SMILES string of the molecule is C[C@@H](NC(=O)C(F)F)[C@H]1C(=O)N2C(C(=O)O)=C(SC3CN(C4=NCCS4)C3)[C@H](C)[C@H]12. The van der Waals surface area contributed by atoms with Crippen molar-refractivity contribution >= 4 is 46.5 Å². The molecule has 0 aromatic heterocycles. The van der Waals surface area contributed by atoms with Crippen molar-refractivity contribution in [3.8, 4) is 0 Å². The van der Waals surface area contributed by atoms with Gasteiger partial charge in [-0.15, -0.1) is 11.8 Å². The summed E-state index contributed by atoms with van der Waals surface area (Å²) in [5.41, 5.74) is -0.0165. The summed E-state index contributed by atoms with van der Waals surface area (Å²) in [7, 11) is 0. The van der Waals surface area contributed by atoms with Crippen LogP contribution < -0.4 is 5.32 Å². The predicted molar refractivity (Wildman–Crippen MR) is 109 cm³/mol. The molecule has 4 rings (SSSR count). The number of likely N-dealkylation sites (tertiary alicyclic amines) is 1. The molecule has 2 saturated heterocycles. The van der Waals surface area contributed by atoms with Gasteiger partial charge in [0.25, 0.3) is 5.91 Å². The zero-order valence-corrected chi connectivity index (χ0v) is 18.0. The van der Waals surface area contributed by atoms with E-state index in [0.717, 1.165) is 30.6 Å². The van der Waals surface area contributed by atoms with E-state index in [0.29, 0.717) is 4.91 Å². The number of carbonyl (C=O) groups excluding carboxylic acids is 2. The normalized spacial score (nSPS) is 29.6. The van der Waals surface area contributed by atoms with E-state index < -0.39 is 42.2 Å². The van der Waals surface area contributed by atoms with Gasteiger partial charge in [0, 0.05) is 41.0 Å². The van der Waals surface area contributed by atoms with Crippen LogP contribution in [0.25, 0.3) is 0 Å². The Bertz CT molecular complexity index is 846. The Hall–Kier alpha value is -1.82. The van der Waals surface area contributed by atoms with Gasteiger partial charge in [-0.05, 0) is 6.92 Å². The molecule has 4 atom stereocenters. The highest BCUT2D eigenvalue weighted by atomic mass is 32.2. The third-order valence-corrected chi connectivity index (χ3v) is 8.36. The van der Waals surface area contributed by atoms with Crippen LogP contribution in [0.3, 0.4) is 0 Å². The van der Waals surface area contributed by atoms with Crippen molar-refractivity contribution < 1.29 is 28.3 Å². The van der Waals surface area contributed by atoms with E-state index in [4.69, 9.17) is 0 Å². The molecular formula is C18H22F2N4O4S2. The quantitative estimate of drug-likeness (QED) is 0.571. The number of amides is 2. The molecule has 0 aliphatic carbocycles. The first-order valence-corrected chi connectivity index (χ1v) is 11.5. The monoisotopic (exact) mass is 460 g/mol. The Balaban J connectivity index is 1.45. The summed E-state index contributed by atoms with van der Waals surface area (Å²) >= 11 is 3.19. The Labute approximate surface area is 180 Å². The van der Waals surface area contributed by atoms with E-state index in [-0.39, 0.29) is 16.9 Å². The van der Waals surface area contributed by atoms with E-state index >= 15 is 0 Å². The van der Waals surface area contributed by atoms with E-state index in [1.807, 2.05) is 6.92 Å². The van der Waals surface area contributed by atoms with Crippen LogP contribution in [0.5, 0.6) is 0 Å². The number of aliphatic imine (C=N–C) groups is 1. The van der Waals surface area contributed by atoms with Crippen LogP contribution in [0.2, 0.25) is 0 Å². The van der Waals surface area contributed by atoms with Crippen molar-refractivity contribution in [3.05, 3.63) is 10.6 Å². The minimum Gasteiger partial charge on any atom is -0.477 e. The molecule has 4 heterocycles. The second-order valence-corrected chi connectivity index (χ2v) is 10.2. The van der Waals surface area contributed by atoms with Crippen LogP contribution in [0.4, 0.5) is 8.78 Å². The lowest BCUT2D eigenvalue weighted by atomic mass is 9.78. The molecule has 0 saturated carbocycles. The first kappa shape index (κ1) is 21.4. The minimum atomic E-state index is -3.16. The van der Waals surface area contributed by atoms with Gasteiger partial charge in [-0.3, -0.25) is 14.6 Å². The fourth-order valence-electron chi connectivity index (χ4n) is 4.44. The smallest absolute Gasteiger partial charge is 0.353 e. The first-order chi connectivity index (χ1) is 14.2. The van der Waals surface area contributed by atoms with Crippen molar-refractivity contribution in [2.24, 2.45) is 16.8 Å². The number of carbonyl (C=O) groups is 3. The minimum absolute atomic E-state index is 0.0165. The van der Waals surface area contributed by atoms with E-state index in [1.165, 1.54) is 23.6 Å². The van der Waals surface area contributed by atoms with Gasteiger partial charge >= 0.3 is 12.4 Å². The lowest BCUT2D eigenvalue weighted by Crippen LogP contribution is -2.66. The number of carboxylic acid groups (broad SMARTS) is 1. The van der Waals surface area contributed by atoms with Gasteiger partial charge in [0.1, 0.15) is 5.70 Å². The molecule has 0 radical (unpaired) electrons. The second-order valence-electron chi connectivity index (χ2n) is 7.79. The maximum Gasteiger partial charge on any atom is 0.353 e. The lowest BCUT2D eigenvalue weighted by Gasteiger charge is -2.47. The fourth-order valence-corrected chi connectivity index (χ4v) is 6.84. The molecule has 2 fully saturated rings. The summed E-state index contributed by atoms with van der Waals surface area (Å²) in [5, 5.41) is 13.1. The summed E-state index contributed by atoms with van der Waals surface area (Å²) in [4.78, 5) is 44.5. The molecule has 2 amide bonds. The first-order valence-electron chi connectivity index (χ1n) is 9.68. The number of thioether (sulfide) groups is 2. The molecule has 30 heavy (non-hydrogen) atoms. The predicted octanol–water partition coefficient (Wildman–Crippen LogP) is 1.05. The van der Waals surface area contributed by atoms with Crippen molar-refractivity contribution in [2.75, 3.05) is 25.4 Å². The van der Waals surface area contributed by atoms with Crippen molar-refractivity contribution in [2.45, 2.75) is 37.6 Å². The third-order valence-electron chi connectivity index (χ3n) is 5.88. The number of nitrogens with one attached hydrogen (secondary N) is 1. The fraction of sp³-hybridized carbons (Fsp3) is 0.667. The number of halogens is 2. The average molecular weight is 461 g/mol. The zero-order chi connectivity index (χ0) is 21.7. The van der Waals surface area contributed by atoms with Crippen molar-refractivity contribution in [1.82, 2.24) is 15.1 Å². The maximum absolute atomic E-state index is 12.7. The number of hydrogen-bond donors (Lipinski definition) is 2. The largest absolute Gasteiger partial charge is 0.477 e. The highest BCUT2D eigenvalue weighted by Gasteiger charge is 2.60. The van der Waals surface area contributed by atoms with Crippen LogP contribution in [0, 0.1) is 11.8 Å². The highest BCUT2D eigenvalue weighted by Crippen LogP contribution is 2.52. The zero-order valence-electron chi connectivity index (χ0n) is 16.4. The van der Waals surface area contributed by atoms with Crippen LogP contribution in [0.1, 0.15) is 13.8 Å². The van der Waals surface area contributed by atoms with Gasteiger partial charge < -0.3 is 20.2 Å². The molecule has 12 heteroatoms. The summed E-state index contributed by atoms with van der Waals surface area (Å²) < 4.78 is 25.1.